The van der Waals surface area contributed by atoms with Gasteiger partial charge in [0.05, 0.1) is 0 Å². The first-order valence-corrected chi connectivity index (χ1v) is 5.37. The molecule has 1 saturated carbocycles. The van der Waals surface area contributed by atoms with Crippen LogP contribution in [-0.4, -0.2) is 17.7 Å². The first-order chi connectivity index (χ1) is 7.66. The quantitative estimate of drug-likeness (QED) is 0.767. The molecule has 1 aromatic carbocycles. The van der Waals surface area contributed by atoms with Crippen molar-refractivity contribution >= 4 is 11.7 Å². The van der Waals surface area contributed by atoms with E-state index in [0.29, 0.717) is 5.92 Å². The average molecular weight is 216 g/mol. The number of hydrogen-bond acceptors (Lipinski definition) is 2. The molecular weight excluding hydrogens is 202 g/mol. The molecule has 3 heteroatoms. The number of benzene rings is 1. The van der Waals surface area contributed by atoms with Crippen molar-refractivity contribution < 1.29 is 9.59 Å². The van der Waals surface area contributed by atoms with Gasteiger partial charge in [0.2, 0.25) is 5.78 Å². The lowest BCUT2D eigenvalue weighted by Crippen LogP contribution is -2.32. The van der Waals surface area contributed by atoms with Crippen molar-refractivity contribution in [2.24, 2.45) is 5.92 Å². The molecule has 1 amide bonds. The van der Waals surface area contributed by atoms with Gasteiger partial charge in [-0.25, -0.2) is 0 Å². The van der Waals surface area contributed by atoms with Crippen molar-refractivity contribution in [2.45, 2.75) is 18.9 Å². The second-order valence-corrected chi connectivity index (χ2v) is 4.19. The van der Waals surface area contributed by atoms with Crippen molar-refractivity contribution in [3.05, 3.63) is 42.8 Å². The maximum atomic E-state index is 11.1. The Morgan fingerprint density at radius 1 is 1.31 bits per heavy atom. The highest BCUT2D eigenvalue weighted by molar-refractivity contribution is 6.38. The summed E-state index contributed by atoms with van der Waals surface area (Å²) in [6.07, 6.45) is 1.91. The Morgan fingerprint density at radius 3 is 2.62 bits per heavy atom. The summed E-state index contributed by atoms with van der Waals surface area (Å²) in [6.45, 7) is 3.08. The SMILES string of the molecule is [CH2]C(=O)C(=O)N[C@H]1C[C@@H]1Cc1ccccc1. The monoisotopic (exact) mass is 216 g/mol. The van der Waals surface area contributed by atoms with Crippen LogP contribution in [0, 0.1) is 12.8 Å². The highest BCUT2D eigenvalue weighted by Crippen LogP contribution is 2.33. The van der Waals surface area contributed by atoms with Crippen LogP contribution in [0.15, 0.2) is 30.3 Å². The minimum atomic E-state index is -0.662. The topological polar surface area (TPSA) is 46.2 Å². The Kier molecular flexibility index (Phi) is 3.04. The van der Waals surface area contributed by atoms with Crippen LogP contribution in [0.3, 0.4) is 0 Å². The van der Waals surface area contributed by atoms with E-state index in [0.717, 1.165) is 12.8 Å². The van der Waals surface area contributed by atoms with Crippen LogP contribution in [0.2, 0.25) is 0 Å². The van der Waals surface area contributed by atoms with E-state index in [1.54, 1.807) is 0 Å². The lowest BCUT2D eigenvalue weighted by atomic mass is 10.1. The zero-order valence-corrected chi connectivity index (χ0v) is 8.98. The summed E-state index contributed by atoms with van der Waals surface area (Å²) in [7, 11) is 0. The van der Waals surface area contributed by atoms with Gasteiger partial charge in [-0.15, -0.1) is 0 Å². The summed E-state index contributed by atoms with van der Waals surface area (Å²) in [5.74, 6) is -0.767. The van der Waals surface area contributed by atoms with Gasteiger partial charge < -0.3 is 5.32 Å². The second-order valence-electron chi connectivity index (χ2n) is 4.19. The number of ketones is 1. The molecule has 0 saturated heterocycles. The third-order valence-electron chi connectivity index (χ3n) is 2.83. The van der Waals surface area contributed by atoms with E-state index in [1.807, 2.05) is 18.2 Å². The summed E-state index contributed by atoms with van der Waals surface area (Å²) >= 11 is 0. The van der Waals surface area contributed by atoms with Crippen LogP contribution in [0.5, 0.6) is 0 Å². The Hall–Kier alpha value is -1.64. The van der Waals surface area contributed by atoms with E-state index >= 15 is 0 Å². The van der Waals surface area contributed by atoms with Crippen molar-refractivity contribution in [3.8, 4) is 0 Å². The van der Waals surface area contributed by atoms with E-state index in [2.05, 4.69) is 24.4 Å². The van der Waals surface area contributed by atoms with Crippen LogP contribution in [0.25, 0.3) is 0 Å². The zero-order valence-electron chi connectivity index (χ0n) is 8.98. The molecule has 0 unspecified atom stereocenters. The molecule has 1 aliphatic rings. The van der Waals surface area contributed by atoms with Gasteiger partial charge in [0.15, 0.2) is 0 Å². The molecule has 0 aliphatic heterocycles. The molecular formula is C13H14NO2. The molecule has 1 aromatic rings. The van der Waals surface area contributed by atoms with E-state index in [-0.39, 0.29) is 6.04 Å². The van der Waals surface area contributed by atoms with E-state index in [9.17, 15) is 9.59 Å². The maximum absolute atomic E-state index is 11.1. The summed E-state index contributed by atoms with van der Waals surface area (Å²) < 4.78 is 0. The highest BCUT2D eigenvalue weighted by atomic mass is 16.2. The van der Waals surface area contributed by atoms with Crippen molar-refractivity contribution in [1.29, 1.82) is 0 Å². The van der Waals surface area contributed by atoms with Crippen LogP contribution in [0.4, 0.5) is 0 Å². The first kappa shape index (κ1) is 10.9. The minimum Gasteiger partial charge on any atom is -0.346 e. The Labute approximate surface area is 94.9 Å². The van der Waals surface area contributed by atoms with Crippen LogP contribution >= 0.6 is 0 Å². The van der Waals surface area contributed by atoms with Crippen LogP contribution in [-0.2, 0) is 16.0 Å². The normalized spacial score (nSPS) is 22.6. The molecule has 1 radical (unpaired) electrons. The molecule has 0 aromatic heterocycles. The second kappa shape index (κ2) is 4.47. The van der Waals surface area contributed by atoms with Crippen LogP contribution < -0.4 is 5.32 Å². The van der Waals surface area contributed by atoms with Crippen molar-refractivity contribution in [1.82, 2.24) is 5.32 Å². The number of amides is 1. The molecule has 83 valence electrons. The number of hydrogen-bond donors (Lipinski definition) is 1. The smallest absolute Gasteiger partial charge is 0.287 e. The maximum Gasteiger partial charge on any atom is 0.287 e. The molecule has 2 rings (SSSR count). The van der Waals surface area contributed by atoms with Gasteiger partial charge in [-0.2, -0.15) is 0 Å². The summed E-state index contributed by atoms with van der Waals surface area (Å²) in [5, 5.41) is 2.67. The number of carbonyl (C=O) groups excluding carboxylic acids is 2. The zero-order chi connectivity index (χ0) is 11.5. The lowest BCUT2D eigenvalue weighted by Gasteiger charge is -2.02. The fourth-order valence-corrected chi connectivity index (χ4v) is 1.82. The third-order valence-corrected chi connectivity index (χ3v) is 2.83. The van der Waals surface area contributed by atoms with Crippen molar-refractivity contribution in [3.63, 3.8) is 0 Å². The number of rotatable bonds is 4. The average Bonchev–Trinajstić information content (AvgIpc) is 2.97. The van der Waals surface area contributed by atoms with E-state index in [1.165, 1.54) is 5.56 Å². The summed E-state index contributed by atoms with van der Waals surface area (Å²) in [4.78, 5) is 21.7. The molecule has 1 N–H and O–H groups in total. The molecule has 0 heterocycles. The highest BCUT2D eigenvalue weighted by Gasteiger charge is 2.38. The Morgan fingerprint density at radius 2 is 2.00 bits per heavy atom. The number of carbonyl (C=O) groups is 2. The predicted octanol–water partition coefficient (Wildman–Crippen LogP) is 1.14. The Bertz CT molecular complexity index is 400. The predicted molar refractivity (Wildman–Crippen MR) is 60.5 cm³/mol. The largest absolute Gasteiger partial charge is 0.346 e. The van der Waals surface area contributed by atoms with Crippen molar-refractivity contribution in [2.75, 3.05) is 0 Å². The van der Waals surface area contributed by atoms with E-state index < -0.39 is 11.7 Å². The van der Waals surface area contributed by atoms with Crippen LogP contribution in [0.1, 0.15) is 12.0 Å². The van der Waals surface area contributed by atoms with Gasteiger partial charge in [-0.1, -0.05) is 30.3 Å². The van der Waals surface area contributed by atoms with E-state index in [4.69, 9.17) is 0 Å². The van der Waals surface area contributed by atoms with Gasteiger partial charge in [0.25, 0.3) is 5.91 Å². The lowest BCUT2D eigenvalue weighted by molar-refractivity contribution is -0.135. The first-order valence-electron chi connectivity index (χ1n) is 5.37. The number of Topliss-reactive ketones (excluding diaryl/α,β-unsaturated/α-hetero) is 1. The van der Waals surface area contributed by atoms with Gasteiger partial charge in [0.1, 0.15) is 0 Å². The molecule has 16 heavy (non-hydrogen) atoms. The fraction of sp³-hybridized carbons (Fsp3) is 0.308. The Balaban J connectivity index is 1.80. The summed E-state index contributed by atoms with van der Waals surface area (Å²) in [5.41, 5.74) is 1.27. The molecule has 0 spiro atoms. The third kappa shape index (κ3) is 2.69. The molecule has 1 aliphatic carbocycles. The van der Waals surface area contributed by atoms with Gasteiger partial charge in [-0.05, 0) is 24.3 Å². The molecule has 0 bridgehead atoms. The fourth-order valence-electron chi connectivity index (χ4n) is 1.82. The number of nitrogens with one attached hydrogen (secondary N) is 1. The van der Waals surface area contributed by atoms with Gasteiger partial charge in [0, 0.05) is 13.0 Å². The molecule has 3 nitrogen and oxygen atoms in total. The summed E-state index contributed by atoms with van der Waals surface area (Å²) in [6, 6.07) is 10.3. The molecule has 1 fully saturated rings. The van der Waals surface area contributed by atoms with Gasteiger partial charge in [-0.3, -0.25) is 9.59 Å². The minimum absolute atomic E-state index is 0.151. The van der Waals surface area contributed by atoms with Gasteiger partial charge >= 0.3 is 0 Å². The molecule has 2 atom stereocenters. The standard InChI is InChI=1S/C13H14NO2/c1-9(15)13(16)14-12-8-11(12)7-10-5-3-2-4-6-10/h2-6,11-12H,1,7-8H2,(H,14,16)/t11-,12-/m0/s1.